The zero-order chi connectivity index (χ0) is 14.1. The van der Waals surface area contributed by atoms with Gasteiger partial charge in [0.2, 0.25) is 0 Å². The van der Waals surface area contributed by atoms with E-state index in [1.807, 2.05) is 0 Å². The van der Waals surface area contributed by atoms with E-state index < -0.39 is 10.7 Å². The molecule has 1 aromatic carbocycles. The number of fused-ring (bicyclic) bond motifs is 1. The highest BCUT2D eigenvalue weighted by Gasteiger charge is 2.33. The molecule has 0 amide bonds. The van der Waals surface area contributed by atoms with E-state index in [-0.39, 0.29) is 5.69 Å². The largest absolute Gasteiger partial charge is 0.368 e. The highest BCUT2D eigenvalue weighted by molar-refractivity contribution is 5.55. The first kappa shape index (κ1) is 13.3. The SMILES string of the molecule is O=[N+]([O-])c1cc(F)cc(N2CCC[C@H]3CCCC[C@H]32)c1. The Morgan fingerprint density at radius 3 is 2.70 bits per heavy atom. The number of rotatable bonds is 2. The lowest BCUT2D eigenvalue weighted by atomic mass is 9.78. The highest BCUT2D eigenvalue weighted by atomic mass is 19.1. The van der Waals surface area contributed by atoms with Crippen LogP contribution in [0.3, 0.4) is 0 Å². The summed E-state index contributed by atoms with van der Waals surface area (Å²) in [5.74, 6) is 0.145. The minimum absolute atomic E-state index is 0.155. The Balaban J connectivity index is 1.92. The summed E-state index contributed by atoms with van der Waals surface area (Å²) in [5.41, 5.74) is 0.520. The fourth-order valence-corrected chi connectivity index (χ4v) is 3.78. The van der Waals surface area contributed by atoms with Crippen LogP contribution in [0.1, 0.15) is 38.5 Å². The summed E-state index contributed by atoms with van der Waals surface area (Å²) < 4.78 is 13.6. The van der Waals surface area contributed by atoms with Crippen molar-refractivity contribution in [3.05, 3.63) is 34.1 Å². The van der Waals surface area contributed by atoms with Crippen molar-refractivity contribution in [1.29, 1.82) is 0 Å². The van der Waals surface area contributed by atoms with E-state index in [0.29, 0.717) is 17.6 Å². The third-order valence-corrected chi connectivity index (χ3v) is 4.65. The summed E-state index contributed by atoms with van der Waals surface area (Å²) in [7, 11) is 0. The van der Waals surface area contributed by atoms with Crippen molar-refractivity contribution in [2.75, 3.05) is 11.4 Å². The van der Waals surface area contributed by atoms with Gasteiger partial charge in [-0.1, -0.05) is 12.8 Å². The highest BCUT2D eigenvalue weighted by Crippen LogP contribution is 2.38. The summed E-state index contributed by atoms with van der Waals surface area (Å²) in [6.07, 6.45) is 7.16. The third-order valence-electron chi connectivity index (χ3n) is 4.65. The summed E-state index contributed by atoms with van der Waals surface area (Å²) in [6, 6.07) is 4.37. The summed E-state index contributed by atoms with van der Waals surface area (Å²) in [6.45, 7) is 0.877. The van der Waals surface area contributed by atoms with Gasteiger partial charge in [-0.3, -0.25) is 10.1 Å². The molecule has 1 heterocycles. The van der Waals surface area contributed by atoms with Crippen LogP contribution in [0.5, 0.6) is 0 Å². The van der Waals surface area contributed by atoms with Gasteiger partial charge < -0.3 is 4.90 Å². The van der Waals surface area contributed by atoms with Crippen LogP contribution in [-0.4, -0.2) is 17.5 Å². The van der Waals surface area contributed by atoms with E-state index in [1.165, 1.54) is 37.8 Å². The van der Waals surface area contributed by atoms with Crippen LogP contribution in [0.15, 0.2) is 18.2 Å². The Labute approximate surface area is 117 Å². The van der Waals surface area contributed by atoms with Gasteiger partial charge >= 0.3 is 0 Å². The number of halogens is 1. The second-order valence-corrected chi connectivity index (χ2v) is 5.87. The predicted molar refractivity (Wildman–Crippen MR) is 75.4 cm³/mol. The average molecular weight is 278 g/mol. The number of nitrogens with zero attached hydrogens (tertiary/aromatic N) is 2. The first-order valence-corrected chi connectivity index (χ1v) is 7.37. The second kappa shape index (κ2) is 5.38. The molecule has 2 fully saturated rings. The molecule has 1 aliphatic heterocycles. The lowest BCUT2D eigenvalue weighted by Gasteiger charge is -2.45. The van der Waals surface area contributed by atoms with Crippen LogP contribution in [0.4, 0.5) is 15.8 Å². The number of non-ortho nitro benzene ring substituents is 1. The van der Waals surface area contributed by atoms with Gasteiger partial charge in [-0.05, 0) is 37.7 Å². The van der Waals surface area contributed by atoms with Gasteiger partial charge in [-0.2, -0.15) is 0 Å². The number of hydrogen-bond donors (Lipinski definition) is 0. The number of anilines is 1. The Hall–Kier alpha value is -1.65. The van der Waals surface area contributed by atoms with Crippen molar-refractivity contribution in [3.8, 4) is 0 Å². The van der Waals surface area contributed by atoms with Crippen LogP contribution in [0.2, 0.25) is 0 Å². The molecule has 0 radical (unpaired) electrons. The molecule has 108 valence electrons. The number of nitro benzene ring substituents is 1. The van der Waals surface area contributed by atoms with Gasteiger partial charge in [0.15, 0.2) is 0 Å². The Morgan fingerprint density at radius 1 is 1.15 bits per heavy atom. The van der Waals surface area contributed by atoms with E-state index in [9.17, 15) is 14.5 Å². The van der Waals surface area contributed by atoms with Crippen molar-refractivity contribution in [3.63, 3.8) is 0 Å². The van der Waals surface area contributed by atoms with E-state index in [2.05, 4.69) is 4.90 Å². The summed E-state index contributed by atoms with van der Waals surface area (Å²) >= 11 is 0. The molecule has 4 nitrogen and oxygen atoms in total. The van der Waals surface area contributed by atoms with Crippen LogP contribution >= 0.6 is 0 Å². The van der Waals surface area contributed by atoms with Crippen molar-refractivity contribution in [2.24, 2.45) is 5.92 Å². The zero-order valence-corrected chi connectivity index (χ0v) is 11.4. The molecule has 5 heteroatoms. The van der Waals surface area contributed by atoms with Gasteiger partial charge in [-0.25, -0.2) is 4.39 Å². The molecule has 1 aromatic rings. The molecule has 0 bridgehead atoms. The lowest BCUT2D eigenvalue weighted by Crippen LogP contribution is -2.46. The van der Waals surface area contributed by atoms with Gasteiger partial charge in [0.25, 0.3) is 5.69 Å². The van der Waals surface area contributed by atoms with E-state index in [1.54, 1.807) is 0 Å². The minimum atomic E-state index is -0.521. The first-order chi connectivity index (χ1) is 9.65. The molecule has 2 aliphatic rings. The fraction of sp³-hybridized carbons (Fsp3) is 0.600. The molecule has 1 saturated heterocycles. The molecular formula is C15H19FN2O2. The normalized spacial score (nSPS) is 26.1. The molecule has 0 N–H and O–H groups in total. The molecule has 2 atom stereocenters. The molecular weight excluding hydrogens is 259 g/mol. The average Bonchev–Trinajstić information content (AvgIpc) is 2.46. The van der Waals surface area contributed by atoms with E-state index in [0.717, 1.165) is 25.5 Å². The quantitative estimate of drug-likeness (QED) is 0.609. The smallest absolute Gasteiger partial charge is 0.274 e. The van der Waals surface area contributed by atoms with Crippen LogP contribution < -0.4 is 4.90 Å². The van der Waals surface area contributed by atoms with Gasteiger partial charge in [0.05, 0.1) is 11.0 Å². The zero-order valence-electron chi connectivity index (χ0n) is 11.4. The Kier molecular flexibility index (Phi) is 3.59. The summed E-state index contributed by atoms with van der Waals surface area (Å²) in [5, 5.41) is 10.9. The summed E-state index contributed by atoms with van der Waals surface area (Å²) in [4.78, 5) is 12.6. The second-order valence-electron chi connectivity index (χ2n) is 5.87. The first-order valence-electron chi connectivity index (χ1n) is 7.37. The molecule has 0 unspecified atom stereocenters. The fourth-order valence-electron chi connectivity index (χ4n) is 3.78. The maximum atomic E-state index is 13.6. The molecule has 1 saturated carbocycles. The number of nitro groups is 1. The lowest BCUT2D eigenvalue weighted by molar-refractivity contribution is -0.385. The van der Waals surface area contributed by atoms with Crippen LogP contribution in [0.25, 0.3) is 0 Å². The number of piperidine rings is 1. The van der Waals surface area contributed by atoms with Gasteiger partial charge in [-0.15, -0.1) is 0 Å². The topological polar surface area (TPSA) is 46.4 Å². The third kappa shape index (κ3) is 2.49. The van der Waals surface area contributed by atoms with Crippen molar-refractivity contribution in [1.82, 2.24) is 0 Å². The van der Waals surface area contributed by atoms with Crippen LogP contribution in [-0.2, 0) is 0 Å². The maximum absolute atomic E-state index is 13.6. The van der Waals surface area contributed by atoms with Gasteiger partial charge in [0.1, 0.15) is 5.82 Å². The minimum Gasteiger partial charge on any atom is -0.368 e. The van der Waals surface area contributed by atoms with Gasteiger partial charge in [0, 0.05) is 24.3 Å². The number of hydrogen-bond acceptors (Lipinski definition) is 3. The van der Waals surface area contributed by atoms with E-state index in [4.69, 9.17) is 0 Å². The Morgan fingerprint density at radius 2 is 1.90 bits per heavy atom. The molecule has 0 aromatic heterocycles. The van der Waals surface area contributed by atoms with E-state index >= 15 is 0 Å². The predicted octanol–water partition coefficient (Wildman–Crippen LogP) is 3.89. The monoisotopic (exact) mass is 278 g/mol. The van der Waals surface area contributed by atoms with Crippen LogP contribution in [0, 0.1) is 21.8 Å². The number of benzene rings is 1. The Bertz CT molecular complexity index is 519. The molecule has 0 spiro atoms. The molecule has 20 heavy (non-hydrogen) atoms. The standard InChI is InChI=1S/C15H19FN2O2/c16-12-8-13(10-14(9-12)18(19)20)17-7-3-5-11-4-1-2-6-15(11)17/h8-11,15H,1-7H2/t11-,15-/m1/s1. The van der Waals surface area contributed by atoms with Crippen molar-refractivity contribution in [2.45, 2.75) is 44.6 Å². The molecule has 1 aliphatic carbocycles. The van der Waals surface area contributed by atoms with Crippen molar-refractivity contribution < 1.29 is 9.31 Å². The van der Waals surface area contributed by atoms with Crippen molar-refractivity contribution >= 4 is 11.4 Å². The maximum Gasteiger partial charge on any atom is 0.274 e. The molecule has 3 rings (SSSR count).